The summed E-state index contributed by atoms with van der Waals surface area (Å²) in [6.07, 6.45) is 3.58. The molecule has 0 aromatic heterocycles. The van der Waals surface area contributed by atoms with Gasteiger partial charge in [0, 0.05) is 13.1 Å². The highest BCUT2D eigenvalue weighted by molar-refractivity contribution is 8.18. The molecule has 2 heterocycles. The van der Waals surface area contributed by atoms with E-state index < -0.39 is 11.1 Å². The van der Waals surface area contributed by atoms with Gasteiger partial charge in [0.25, 0.3) is 11.1 Å². The first-order chi connectivity index (χ1) is 17.5. The number of amides is 3. The van der Waals surface area contributed by atoms with Crippen LogP contribution in [-0.2, 0) is 16.2 Å². The average molecular weight is 501 g/mol. The number of imide groups is 1. The monoisotopic (exact) mass is 500 g/mol. The van der Waals surface area contributed by atoms with Crippen LogP contribution < -0.4 is 4.74 Å². The van der Waals surface area contributed by atoms with Crippen LogP contribution in [0.1, 0.15) is 30.9 Å². The van der Waals surface area contributed by atoms with Crippen LogP contribution in [0.15, 0.2) is 71.6 Å². The number of hydrogen-bond donors (Lipinski definition) is 0. The summed E-state index contributed by atoms with van der Waals surface area (Å²) < 4.78 is 6.05. The molecule has 6 nitrogen and oxygen atoms in total. The van der Waals surface area contributed by atoms with Crippen molar-refractivity contribution in [3.8, 4) is 5.75 Å². The topological polar surface area (TPSA) is 66.9 Å². The molecule has 0 aliphatic carbocycles. The maximum Gasteiger partial charge on any atom is 0.294 e. The molecule has 0 spiro atoms. The van der Waals surface area contributed by atoms with E-state index in [-0.39, 0.29) is 12.5 Å². The van der Waals surface area contributed by atoms with E-state index in [1.165, 1.54) is 0 Å². The lowest BCUT2D eigenvalue weighted by atomic mass is 9.99. The average Bonchev–Trinajstić information content (AvgIpc) is 3.15. The number of benzene rings is 3. The van der Waals surface area contributed by atoms with Crippen molar-refractivity contribution in [2.45, 2.75) is 26.4 Å². The van der Waals surface area contributed by atoms with Gasteiger partial charge in [-0.25, -0.2) is 0 Å². The van der Waals surface area contributed by atoms with Gasteiger partial charge < -0.3 is 9.64 Å². The third-order valence-corrected chi connectivity index (χ3v) is 7.64. The van der Waals surface area contributed by atoms with Gasteiger partial charge in [-0.3, -0.25) is 19.3 Å². The fourth-order valence-corrected chi connectivity index (χ4v) is 5.39. The molecule has 0 radical (unpaired) electrons. The van der Waals surface area contributed by atoms with Crippen LogP contribution in [0.3, 0.4) is 0 Å². The van der Waals surface area contributed by atoms with Crippen molar-refractivity contribution in [1.29, 1.82) is 0 Å². The zero-order chi connectivity index (χ0) is 25.1. The minimum Gasteiger partial charge on any atom is -0.489 e. The maximum absolute atomic E-state index is 12.9. The Kier molecular flexibility index (Phi) is 7.09. The quantitative estimate of drug-likeness (QED) is 0.406. The van der Waals surface area contributed by atoms with Gasteiger partial charge in [0.1, 0.15) is 18.9 Å². The van der Waals surface area contributed by atoms with E-state index in [0.29, 0.717) is 36.3 Å². The second kappa shape index (κ2) is 10.6. The zero-order valence-corrected chi connectivity index (χ0v) is 21.0. The van der Waals surface area contributed by atoms with Gasteiger partial charge in [-0.2, -0.15) is 0 Å². The Morgan fingerprint density at radius 2 is 1.78 bits per heavy atom. The molecule has 3 aromatic carbocycles. The summed E-state index contributed by atoms with van der Waals surface area (Å²) in [5.74, 6) is 0.673. The lowest BCUT2D eigenvalue weighted by Gasteiger charge is -2.31. The smallest absolute Gasteiger partial charge is 0.294 e. The highest BCUT2D eigenvalue weighted by Crippen LogP contribution is 2.33. The van der Waals surface area contributed by atoms with E-state index in [1.807, 2.05) is 48.5 Å². The summed E-state index contributed by atoms with van der Waals surface area (Å²) in [5, 5.41) is 1.91. The first-order valence-electron chi connectivity index (χ1n) is 12.2. The van der Waals surface area contributed by atoms with Gasteiger partial charge in [0.05, 0.1) is 4.91 Å². The van der Waals surface area contributed by atoms with Gasteiger partial charge in [-0.05, 0) is 70.6 Å². The van der Waals surface area contributed by atoms with Gasteiger partial charge >= 0.3 is 0 Å². The van der Waals surface area contributed by atoms with Crippen LogP contribution >= 0.6 is 11.8 Å². The van der Waals surface area contributed by atoms with Crippen LogP contribution in [0.25, 0.3) is 16.8 Å². The normalized spacial score (nSPS) is 17.9. The van der Waals surface area contributed by atoms with Crippen LogP contribution in [-0.4, -0.2) is 46.5 Å². The molecule has 0 saturated carbocycles. The molecular weight excluding hydrogens is 472 g/mol. The number of thioether (sulfide) groups is 1. The molecule has 0 N–H and O–H groups in total. The van der Waals surface area contributed by atoms with Crippen LogP contribution in [0.4, 0.5) is 4.79 Å². The van der Waals surface area contributed by atoms with E-state index in [1.54, 1.807) is 11.0 Å². The van der Waals surface area contributed by atoms with Gasteiger partial charge in [0.15, 0.2) is 0 Å². The van der Waals surface area contributed by atoms with Crippen molar-refractivity contribution in [2.24, 2.45) is 5.92 Å². The molecule has 2 saturated heterocycles. The highest BCUT2D eigenvalue weighted by atomic mass is 32.2. The number of nitrogens with zero attached hydrogens (tertiary/aromatic N) is 2. The minimum atomic E-state index is -0.425. The van der Waals surface area contributed by atoms with Crippen LogP contribution in [0, 0.1) is 5.92 Å². The molecule has 5 rings (SSSR count). The fraction of sp³-hybridized carbons (Fsp3) is 0.276. The van der Waals surface area contributed by atoms with Gasteiger partial charge in [-0.1, -0.05) is 61.5 Å². The summed E-state index contributed by atoms with van der Waals surface area (Å²) in [6.45, 7) is 3.74. The van der Waals surface area contributed by atoms with Crippen molar-refractivity contribution >= 4 is 45.7 Å². The second-order valence-electron chi connectivity index (χ2n) is 9.33. The third-order valence-electron chi connectivity index (χ3n) is 6.73. The summed E-state index contributed by atoms with van der Waals surface area (Å²) in [7, 11) is 0. The second-order valence-corrected chi connectivity index (χ2v) is 10.3. The molecule has 0 atom stereocenters. The molecule has 0 bridgehead atoms. The number of fused-ring (bicyclic) bond motifs is 1. The van der Waals surface area contributed by atoms with E-state index in [2.05, 4.69) is 25.1 Å². The molecule has 184 valence electrons. The molecular formula is C29H28N2O4S. The summed E-state index contributed by atoms with van der Waals surface area (Å²) in [4.78, 5) is 41.2. The largest absolute Gasteiger partial charge is 0.489 e. The van der Waals surface area contributed by atoms with Crippen molar-refractivity contribution in [2.75, 3.05) is 19.6 Å². The van der Waals surface area contributed by atoms with Crippen molar-refractivity contribution in [3.63, 3.8) is 0 Å². The van der Waals surface area contributed by atoms with Gasteiger partial charge in [-0.15, -0.1) is 0 Å². The lowest BCUT2D eigenvalue weighted by molar-refractivity contribution is -0.136. The lowest BCUT2D eigenvalue weighted by Crippen LogP contribution is -2.45. The van der Waals surface area contributed by atoms with Crippen molar-refractivity contribution in [3.05, 3.63) is 82.8 Å². The minimum absolute atomic E-state index is 0.172. The number of carbonyl (C=O) groups is 3. The number of piperidine rings is 1. The summed E-state index contributed by atoms with van der Waals surface area (Å²) >= 11 is 0.870. The van der Waals surface area contributed by atoms with E-state index >= 15 is 0 Å². The number of carbonyl (C=O) groups excluding carboxylic acids is 3. The molecule has 0 unspecified atom stereocenters. The van der Waals surface area contributed by atoms with E-state index in [9.17, 15) is 14.4 Å². The Labute approximate surface area is 214 Å². The predicted molar refractivity (Wildman–Crippen MR) is 142 cm³/mol. The fourth-order valence-electron chi connectivity index (χ4n) is 4.55. The molecule has 3 amide bonds. The summed E-state index contributed by atoms with van der Waals surface area (Å²) in [6, 6.07) is 21.8. The Hall–Kier alpha value is -3.58. The molecule has 2 aliphatic heterocycles. The molecule has 2 aliphatic rings. The standard InChI is InChI=1S/C29H28N2O4S/c1-20-12-14-30(15-13-20)27(32)18-31-28(33)26(36-29(31)34)17-21-6-4-10-24(16-21)35-19-23-9-5-8-22-7-2-3-11-25(22)23/h2-11,16-17,20H,12-15,18-19H2,1H3/b26-17+. The predicted octanol–water partition coefficient (Wildman–Crippen LogP) is 5.71. The molecule has 36 heavy (non-hydrogen) atoms. The molecule has 2 fully saturated rings. The number of ether oxygens (including phenoxy) is 1. The molecule has 3 aromatic rings. The van der Waals surface area contributed by atoms with Crippen LogP contribution in [0.2, 0.25) is 0 Å². The number of likely N-dealkylation sites (tertiary alicyclic amines) is 1. The maximum atomic E-state index is 12.9. The first-order valence-corrected chi connectivity index (χ1v) is 13.0. The van der Waals surface area contributed by atoms with Gasteiger partial charge in [0.2, 0.25) is 5.91 Å². The van der Waals surface area contributed by atoms with E-state index in [0.717, 1.165) is 51.4 Å². The molecule has 7 heteroatoms. The Balaban J connectivity index is 1.25. The van der Waals surface area contributed by atoms with Crippen molar-refractivity contribution < 1.29 is 19.1 Å². The third kappa shape index (κ3) is 5.31. The number of hydrogen-bond acceptors (Lipinski definition) is 5. The van der Waals surface area contributed by atoms with Crippen molar-refractivity contribution in [1.82, 2.24) is 9.80 Å². The first kappa shape index (κ1) is 24.1. The SMILES string of the molecule is CC1CCN(C(=O)CN2C(=O)S/C(=C/c3cccc(OCc4cccc5ccccc45)c3)C2=O)CC1. The highest BCUT2D eigenvalue weighted by Gasteiger charge is 2.37. The zero-order valence-electron chi connectivity index (χ0n) is 20.2. The summed E-state index contributed by atoms with van der Waals surface area (Å²) in [5.41, 5.74) is 1.85. The Morgan fingerprint density at radius 3 is 2.61 bits per heavy atom. The Morgan fingerprint density at radius 1 is 1.03 bits per heavy atom. The van der Waals surface area contributed by atoms with Crippen LogP contribution in [0.5, 0.6) is 5.75 Å². The Bertz CT molecular complexity index is 1340. The van der Waals surface area contributed by atoms with E-state index in [4.69, 9.17) is 4.74 Å². The number of rotatable bonds is 6.